The fourth-order valence-electron chi connectivity index (χ4n) is 6.26. The van der Waals surface area contributed by atoms with Crippen LogP contribution in [0.1, 0.15) is 96.2 Å². The van der Waals surface area contributed by atoms with Gasteiger partial charge >= 0.3 is 5.97 Å². The van der Waals surface area contributed by atoms with Gasteiger partial charge in [-0.3, -0.25) is 9.59 Å². The van der Waals surface area contributed by atoms with Crippen LogP contribution in [0, 0.1) is 24.2 Å². The minimum absolute atomic E-state index is 0.0354. The number of hydrogen-bond acceptors (Lipinski definition) is 8. The Kier molecular flexibility index (Phi) is 8.63. The number of thiazole rings is 1. The van der Waals surface area contributed by atoms with Crippen molar-refractivity contribution in [3.8, 4) is 0 Å². The molecule has 7 atom stereocenters. The lowest BCUT2D eigenvalue weighted by molar-refractivity contribution is -0.162. The van der Waals surface area contributed by atoms with E-state index in [1.54, 1.807) is 11.3 Å². The molecule has 1 aromatic heterocycles. The lowest BCUT2D eigenvalue weighted by Gasteiger charge is -2.46. The summed E-state index contributed by atoms with van der Waals surface area (Å²) in [7, 11) is 0. The number of Topliss-reactive ketones (excluding diaryl/α,β-unsaturated/α-hetero) is 1. The van der Waals surface area contributed by atoms with Gasteiger partial charge in [0, 0.05) is 17.7 Å². The van der Waals surface area contributed by atoms with Gasteiger partial charge < -0.3 is 19.7 Å². The highest BCUT2D eigenvalue weighted by atomic mass is 32.1. The second kappa shape index (κ2) is 11.2. The molecule has 2 aliphatic heterocycles. The maximum atomic E-state index is 13.7. The van der Waals surface area contributed by atoms with E-state index in [1.165, 1.54) is 0 Å². The summed E-state index contributed by atoms with van der Waals surface area (Å²) in [5.41, 5.74) is 0.442. The molecule has 1 aromatic rings. The van der Waals surface area contributed by atoms with E-state index in [-0.39, 0.29) is 29.8 Å². The first-order valence-electron chi connectivity index (χ1n) is 13.9. The number of ether oxygens (including phenoxy) is 2. The molecule has 0 amide bonds. The highest BCUT2D eigenvalue weighted by Gasteiger charge is 2.55. The topological polar surface area (TPSA) is 109 Å². The molecule has 0 radical (unpaired) electrons. The Morgan fingerprint density at radius 2 is 1.97 bits per heavy atom. The van der Waals surface area contributed by atoms with E-state index in [4.69, 9.17) is 9.47 Å². The van der Waals surface area contributed by atoms with Gasteiger partial charge in [-0.05, 0) is 70.4 Å². The van der Waals surface area contributed by atoms with Gasteiger partial charge in [0.05, 0.1) is 46.5 Å². The number of esters is 1. The molecule has 2 N–H and O–H groups in total. The molecule has 3 fully saturated rings. The average molecular weight is 534 g/mol. The van der Waals surface area contributed by atoms with Crippen LogP contribution in [-0.4, -0.2) is 57.0 Å². The zero-order valence-corrected chi connectivity index (χ0v) is 23.7. The fraction of sp³-hybridized carbons (Fsp3) is 0.759. The lowest BCUT2D eigenvalue weighted by atomic mass is 9.58. The molecule has 0 bridgehead atoms. The van der Waals surface area contributed by atoms with Gasteiger partial charge in [-0.2, -0.15) is 0 Å². The SMILES string of the molecule is CC[C@H]1C(=O)C2(CCC2)[C@@H](O)CC(=O)O[C@H](C(C)=Cc2csc(C)n2)CC2OC2(C)CCC[C@H](C)[C@H]1O. The molecule has 206 valence electrons. The van der Waals surface area contributed by atoms with Gasteiger partial charge in [-0.1, -0.05) is 26.7 Å². The van der Waals surface area contributed by atoms with E-state index in [9.17, 15) is 19.8 Å². The summed E-state index contributed by atoms with van der Waals surface area (Å²) in [5, 5.41) is 25.3. The summed E-state index contributed by atoms with van der Waals surface area (Å²) in [6.07, 6.45) is 4.74. The van der Waals surface area contributed by atoms with Crippen molar-refractivity contribution in [1.82, 2.24) is 4.98 Å². The molecule has 1 saturated carbocycles. The van der Waals surface area contributed by atoms with Crippen LogP contribution in [0.4, 0.5) is 0 Å². The summed E-state index contributed by atoms with van der Waals surface area (Å²) in [5.74, 6) is -1.21. The van der Waals surface area contributed by atoms with Crippen molar-refractivity contribution < 1.29 is 29.3 Å². The zero-order valence-electron chi connectivity index (χ0n) is 22.9. The standard InChI is InChI=1S/C29H43NO6S/c1-6-21-26(33)17(2)9-7-10-28(5)24(36-28)14-22(18(3)13-20-16-37-19(4)30-20)35-25(32)15-23(31)29(27(21)34)11-8-12-29/h13,16-17,21-24,26,31,33H,6-12,14-15H2,1-5H3/t17-,21+,22-,23-,24?,26+,28?/m0/s1. The Morgan fingerprint density at radius 1 is 1.24 bits per heavy atom. The van der Waals surface area contributed by atoms with Crippen LogP contribution < -0.4 is 0 Å². The maximum absolute atomic E-state index is 13.7. The smallest absolute Gasteiger partial charge is 0.309 e. The maximum Gasteiger partial charge on any atom is 0.309 e. The molecule has 0 aromatic carbocycles. The highest BCUT2D eigenvalue weighted by molar-refractivity contribution is 7.09. The van der Waals surface area contributed by atoms with Gasteiger partial charge in [0.2, 0.25) is 0 Å². The first kappa shape index (κ1) is 28.4. The van der Waals surface area contributed by atoms with Crippen LogP contribution in [-0.2, 0) is 19.1 Å². The molecular formula is C29H43NO6S. The molecule has 2 saturated heterocycles. The largest absolute Gasteiger partial charge is 0.458 e. The summed E-state index contributed by atoms with van der Waals surface area (Å²) in [6.45, 7) is 9.90. The highest BCUT2D eigenvalue weighted by Crippen LogP contribution is 2.49. The van der Waals surface area contributed by atoms with Crippen molar-refractivity contribution in [2.45, 2.75) is 122 Å². The Labute approximate surface area is 224 Å². The number of aromatic nitrogens is 1. The summed E-state index contributed by atoms with van der Waals surface area (Å²) in [6, 6.07) is 0. The number of rotatable bonds is 3. The van der Waals surface area contributed by atoms with Gasteiger partial charge in [-0.15, -0.1) is 11.3 Å². The number of hydrogen-bond donors (Lipinski definition) is 2. The first-order valence-corrected chi connectivity index (χ1v) is 14.7. The van der Waals surface area contributed by atoms with Crippen LogP contribution in [0.2, 0.25) is 0 Å². The third kappa shape index (κ3) is 6.02. The van der Waals surface area contributed by atoms with Crippen LogP contribution in [0.25, 0.3) is 6.08 Å². The molecule has 4 rings (SSSR count). The van der Waals surface area contributed by atoms with E-state index >= 15 is 0 Å². The van der Waals surface area contributed by atoms with Crippen molar-refractivity contribution in [2.24, 2.45) is 17.3 Å². The van der Waals surface area contributed by atoms with Crippen molar-refractivity contribution in [1.29, 1.82) is 0 Å². The lowest BCUT2D eigenvalue weighted by Crippen LogP contribution is -2.53. The van der Waals surface area contributed by atoms with Gasteiger partial charge in [0.15, 0.2) is 0 Å². The normalized spacial score (nSPS) is 37.5. The molecule has 2 unspecified atom stereocenters. The fourth-order valence-corrected chi connectivity index (χ4v) is 6.83. The minimum Gasteiger partial charge on any atom is -0.458 e. The number of cyclic esters (lactones) is 1. The van der Waals surface area contributed by atoms with Crippen LogP contribution in [0.5, 0.6) is 0 Å². The predicted octanol–water partition coefficient (Wildman–Crippen LogP) is 5.01. The summed E-state index contributed by atoms with van der Waals surface area (Å²) < 4.78 is 12.1. The number of aliphatic hydroxyl groups is 2. The molecule has 3 aliphatic rings. The Morgan fingerprint density at radius 3 is 2.57 bits per heavy atom. The number of carbonyl (C=O) groups is 2. The molecule has 1 spiro atoms. The third-order valence-corrected chi connectivity index (χ3v) is 9.89. The second-order valence-electron chi connectivity index (χ2n) is 11.8. The number of ketones is 1. The van der Waals surface area contributed by atoms with E-state index < -0.39 is 35.6 Å². The molecule has 37 heavy (non-hydrogen) atoms. The van der Waals surface area contributed by atoms with Gasteiger partial charge in [-0.25, -0.2) is 4.98 Å². The Balaban J connectivity index is 1.59. The summed E-state index contributed by atoms with van der Waals surface area (Å²) in [4.78, 5) is 31.4. The monoisotopic (exact) mass is 533 g/mol. The number of carbonyl (C=O) groups excluding carboxylic acids is 2. The Hall–Kier alpha value is -1.61. The van der Waals surface area contributed by atoms with E-state index in [1.807, 2.05) is 39.2 Å². The zero-order chi connectivity index (χ0) is 27.0. The molecule has 7 nitrogen and oxygen atoms in total. The third-order valence-electron chi connectivity index (χ3n) is 9.10. The van der Waals surface area contributed by atoms with E-state index in [2.05, 4.69) is 11.9 Å². The summed E-state index contributed by atoms with van der Waals surface area (Å²) >= 11 is 1.57. The van der Waals surface area contributed by atoms with Gasteiger partial charge in [0.25, 0.3) is 0 Å². The Bertz CT molecular complexity index is 1020. The van der Waals surface area contributed by atoms with E-state index in [0.717, 1.165) is 42.0 Å². The quantitative estimate of drug-likeness (QED) is 0.415. The number of aliphatic hydroxyl groups excluding tert-OH is 2. The van der Waals surface area contributed by atoms with Crippen LogP contribution in [0.15, 0.2) is 11.0 Å². The van der Waals surface area contributed by atoms with Crippen molar-refractivity contribution in [3.63, 3.8) is 0 Å². The van der Waals surface area contributed by atoms with Crippen molar-refractivity contribution >= 4 is 29.2 Å². The second-order valence-corrected chi connectivity index (χ2v) is 12.8. The number of nitrogens with zero attached hydrogens (tertiary/aromatic N) is 1. The first-order chi connectivity index (χ1) is 17.5. The minimum atomic E-state index is -1.13. The van der Waals surface area contributed by atoms with Gasteiger partial charge in [0.1, 0.15) is 11.9 Å². The number of aryl methyl sites for hydroxylation is 1. The predicted molar refractivity (Wildman–Crippen MR) is 143 cm³/mol. The number of fused-ring (bicyclic) bond motifs is 1. The molecule has 1 aliphatic carbocycles. The van der Waals surface area contributed by atoms with E-state index in [0.29, 0.717) is 25.7 Å². The molecule has 8 heteroatoms. The van der Waals surface area contributed by atoms with Crippen LogP contribution in [0.3, 0.4) is 0 Å². The van der Waals surface area contributed by atoms with Crippen LogP contribution >= 0.6 is 11.3 Å². The average Bonchev–Trinajstić information content (AvgIpc) is 3.24. The number of epoxide rings is 1. The van der Waals surface area contributed by atoms with Crippen molar-refractivity contribution in [3.05, 3.63) is 21.7 Å². The molecular weight excluding hydrogens is 490 g/mol. The molecule has 3 heterocycles. The van der Waals surface area contributed by atoms with Crippen molar-refractivity contribution in [2.75, 3.05) is 0 Å².